The van der Waals surface area contributed by atoms with E-state index in [1.165, 1.54) is 5.69 Å². The predicted molar refractivity (Wildman–Crippen MR) is 55.8 cm³/mol. The first kappa shape index (κ1) is 9.34. The minimum Gasteiger partial charge on any atom is -0.497 e. The lowest BCUT2D eigenvalue weighted by Crippen LogP contribution is -2.48. The lowest BCUT2D eigenvalue weighted by atomic mass is 10.0. The molecule has 1 aromatic carbocycles. The Labute approximate surface area is 83.9 Å². The molecule has 0 amide bonds. The van der Waals surface area contributed by atoms with Crippen molar-refractivity contribution in [3.63, 3.8) is 0 Å². The van der Waals surface area contributed by atoms with E-state index in [0.717, 1.165) is 18.8 Å². The second-order valence-corrected chi connectivity index (χ2v) is 3.66. The Kier molecular flexibility index (Phi) is 2.59. The highest BCUT2D eigenvalue weighted by Crippen LogP contribution is 2.27. The zero-order valence-corrected chi connectivity index (χ0v) is 8.31. The lowest BCUT2D eigenvalue weighted by molar-refractivity contribution is 0.200. The molecule has 1 aliphatic heterocycles. The molecule has 0 bridgehead atoms. The van der Waals surface area contributed by atoms with Crippen LogP contribution in [0.5, 0.6) is 5.75 Å². The van der Waals surface area contributed by atoms with Crippen LogP contribution < -0.4 is 9.64 Å². The standard InChI is InChI=1S/C11H15NO2/c1-14-11-4-2-3-10(5-11)12-6-9(7-12)8-13/h2-5,9,13H,6-8H2,1H3. The fraction of sp³-hybridized carbons (Fsp3) is 0.455. The molecule has 76 valence electrons. The van der Waals surface area contributed by atoms with Crippen LogP contribution in [0.15, 0.2) is 24.3 Å². The maximum absolute atomic E-state index is 8.90. The van der Waals surface area contributed by atoms with Crippen molar-refractivity contribution in [2.24, 2.45) is 5.92 Å². The number of nitrogens with zero attached hydrogens (tertiary/aromatic N) is 1. The molecule has 1 saturated heterocycles. The van der Waals surface area contributed by atoms with Gasteiger partial charge in [0, 0.05) is 37.4 Å². The molecule has 0 radical (unpaired) electrons. The van der Waals surface area contributed by atoms with E-state index >= 15 is 0 Å². The summed E-state index contributed by atoms with van der Waals surface area (Å²) >= 11 is 0. The molecular weight excluding hydrogens is 178 g/mol. The summed E-state index contributed by atoms with van der Waals surface area (Å²) in [6.07, 6.45) is 0. The molecule has 3 heteroatoms. The lowest BCUT2D eigenvalue weighted by Gasteiger charge is -2.40. The third kappa shape index (κ3) is 1.68. The van der Waals surface area contributed by atoms with Gasteiger partial charge < -0.3 is 14.7 Å². The molecule has 3 nitrogen and oxygen atoms in total. The third-order valence-corrected chi connectivity index (χ3v) is 2.63. The van der Waals surface area contributed by atoms with Gasteiger partial charge in [0.2, 0.25) is 0 Å². The smallest absolute Gasteiger partial charge is 0.120 e. The highest BCUT2D eigenvalue weighted by atomic mass is 16.5. The van der Waals surface area contributed by atoms with Gasteiger partial charge >= 0.3 is 0 Å². The Morgan fingerprint density at radius 3 is 2.93 bits per heavy atom. The number of benzene rings is 1. The maximum Gasteiger partial charge on any atom is 0.120 e. The van der Waals surface area contributed by atoms with Gasteiger partial charge in [-0.3, -0.25) is 0 Å². The number of anilines is 1. The summed E-state index contributed by atoms with van der Waals surface area (Å²) in [5, 5.41) is 8.90. The van der Waals surface area contributed by atoms with Crippen LogP contribution in [0, 0.1) is 5.92 Å². The van der Waals surface area contributed by atoms with Crippen LogP contribution >= 0.6 is 0 Å². The predicted octanol–water partition coefficient (Wildman–Crippen LogP) is 1.12. The third-order valence-electron chi connectivity index (χ3n) is 2.63. The van der Waals surface area contributed by atoms with Gasteiger partial charge in [-0.15, -0.1) is 0 Å². The molecule has 1 heterocycles. The molecule has 2 rings (SSSR count). The van der Waals surface area contributed by atoms with Gasteiger partial charge in [0.25, 0.3) is 0 Å². The summed E-state index contributed by atoms with van der Waals surface area (Å²) in [6.45, 7) is 2.19. The minimum absolute atomic E-state index is 0.292. The number of methoxy groups -OCH3 is 1. The topological polar surface area (TPSA) is 32.7 Å². The van der Waals surface area contributed by atoms with Crippen LogP contribution in [0.2, 0.25) is 0 Å². The first-order valence-electron chi connectivity index (χ1n) is 4.83. The molecule has 14 heavy (non-hydrogen) atoms. The highest BCUT2D eigenvalue weighted by Gasteiger charge is 2.25. The van der Waals surface area contributed by atoms with Crippen LogP contribution in [-0.4, -0.2) is 31.9 Å². The number of rotatable bonds is 3. The molecule has 1 N–H and O–H groups in total. The maximum atomic E-state index is 8.90. The second-order valence-electron chi connectivity index (χ2n) is 3.66. The van der Waals surface area contributed by atoms with Crippen molar-refractivity contribution in [3.8, 4) is 5.75 Å². The summed E-state index contributed by atoms with van der Waals surface area (Å²) in [5.41, 5.74) is 1.18. The van der Waals surface area contributed by atoms with E-state index in [1.54, 1.807) is 7.11 Å². The molecule has 0 unspecified atom stereocenters. The Bertz CT molecular complexity index is 308. The Morgan fingerprint density at radius 1 is 1.50 bits per heavy atom. The monoisotopic (exact) mass is 193 g/mol. The molecule has 0 spiro atoms. The van der Waals surface area contributed by atoms with Gasteiger partial charge in [-0.1, -0.05) is 6.07 Å². The SMILES string of the molecule is COc1cccc(N2CC(CO)C2)c1. The summed E-state index contributed by atoms with van der Waals surface area (Å²) in [7, 11) is 1.67. The Balaban J connectivity index is 2.03. The summed E-state index contributed by atoms with van der Waals surface area (Å²) in [5.74, 6) is 1.33. The fourth-order valence-corrected chi connectivity index (χ4v) is 1.70. The number of hydrogen-bond acceptors (Lipinski definition) is 3. The van der Waals surface area contributed by atoms with Gasteiger partial charge in [0.15, 0.2) is 0 Å². The van der Waals surface area contributed by atoms with Gasteiger partial charge in [-0.25, -0.2) is 0 Å². The van der Waals surface area contributed by atoms with Crippen molar-refractivity contribution >= 4 is 5.69 Å². The number of hydrogen-bond donors (Lipinski definition) is 1. The average molecular weight is 193 g/mol. The van der Waals surface area contributed by atoms with Crippen molar-refractivity contribution in [3.05, 3.63) is 24.3 Å². The van der Waals surface area contributed by atoms with E-state index in [0.29, 0.717) is 12.5 Å². The van der Waals surface area contributed by atoms with Crippen molar-refractivity contribution in [2.45, 2.75) is 0 Å². The normalized spacial score (nSPS) is 16.6. The van der Waals surface area contributed by atoms with Crippen molar-refractivity contribution in [2.75, 3.05) is 31.7 Å². The average Bonchev–Trinajstić information content (AvgIpc) is 2.17. The zero-order valence-electron chi connectivity index (χ0n) is 8.31. The van der Waals surface area contributed by atoms with Crippen LogP contribution in [0.3, 0.4) is 0 Å². The van der Waals surface area contributed by atoms with E-state index < -0.39 is 0 Å². The van der Waals surface area contributed by atoms with Crippen molar-refractivity contribution in [1.29, 1.82) is 0 Å². The van der Waals surface area contributed by atoms with Gasteiger partial charge in [0.1, 0.15) is 5.75 Å². The van der Waals surface area contributed by atoms with Crippen LogP contribution in [0.4, 0.5) is 5.69 Å². The van der Waals surface area contributed by atoms with Gasteiger partial charge in [-0.2, -0.15) is 0 Å². The van der Waals surface area contributed by atoms with Crippen LogP contribution in [-0.2, 0) is 0 Å². The number of ether oxygens (including phenoxy) is 1. The molecule has 0 atom stereocenters. The van der Waals surface area contributed by atoms with Crippen LogP contribution in [0.1, 0.15) is 0 Å². The Morgan fingerprint density at radius 2 is 2.29 bits per heavy atom. The van der Waals surface area contributed by atoms with E-state index in [1.807, 2.05) is 18.2 Å². The zero-order chi connectivity index (χ0) is 9.97. The van der Waals surface area contributed by atoms with E-state index in [2.05, 4.69) is 11.0 Å². The number of aliphatic hydroxyl groups excluding tert-OH is 1. The first-order chi connectivity index (χ1) is 6.83. The first-order valence-corrected chi connectivity index (χ1v) is 4.83. The molecule has 1 fully saturated rings. The summed E-state index contributed by atoms with van der Waals surface area (Å²) in [6, 6.07) is 8.01. The fourth-order valence-electron chi connectivity index (χ4n) is 1.70. The Hall–Kier alpha value is -1.22. The highest BCUT2D eigenvalue weighted by molar-refractivity contribution is 5.52. The molecule has 1 aliphatic rings. The van der Waals surface area contributed by atoms with Crippen LogP contribution in [0.25, 0.3) is 0 Å². The molecule has 0 aromatic heterocycles. The summed E-state index contributed by atoms with van der Waals surface area (Å²) < 4.78 is 5.15. The molecule has 0 saturated carbocycles. The largest absolute Gasteiger partial charge is 0.497 e. The van der Waals surface area contributed by atoms with Gasteiger partial charge in [-0.05, 0) is 12.1 Å². The molecule has 1 aromatic rings. The quantitative estimate of drug-likeness (QED) is 0.781. The number of aliphatic hydroxyl groups is 1. The summed E-state index contributed by atoms with van der Waals surface area (Å²) in [4.78, 5) is 2.24. The molecular formula is C11H15NO2. The molecule has 0 aliphatic carbocycles. The van der Waals surface area contributed by atoms with Crippen molar-refractivity contribution < 1.29 is 9.84 Å². The van der Waals surface area contributed by atoms with Gasteiger partial charge in [0.05, 0.1) is 7.11 Å². The van der Waals surface area contributed by atoms with E-state index in [-0.39, 0.29) is 0 Å². The van der Waals surface area contributed by atoms with E-state index in [4.69, 9.17) is 9.84 Å². The minimum atomic E-state index is 0.292. The second kappa shape index (κ2) is 3.88. The van der Waals surface area contributed by atoms with E-state index in [9.17, 15) is 0 Å². The van der Waals surface area contributed by atoms with Crippen molar-refractivity contribution in [1.82, 2.24) is 0 Å².